The number of carbonyl (C=O) groups is 2. The van der Waals surface area contributed by atoms with Crippen molar-refractivity contribution in [2.45, 2.75) is 25.4 Å². The Morgan fingerprint density at radius 3 is 2.33 bits per heavy atom. The first-order valence-electron chi connectivity index (χ1n) is 9.16. The lowest BCUT2D eigenvalue weighted by Crippen LogP contribution is -2.23. The van der Waals surface area contributed by atoms with Gasteiger partial charge < -0.3 is 4.74 Å². The first-order chi connectivity index (χ1) is 13.2. The molecule has 27 heavy (non-hydrogen) atoms. The number of Topliss-reactive ketones (excluding diaryl/α,β-unsaturated/α-hetero) is 2. The normalized spacial score (nSPS) is 15.9. The fourth-order valence-electron chi connectivity index (χ4n) is 3.62. The zero-order valence-corrected chi connectivity index (χ0v) is 14.9. The van der Waals surface area contributed by atoms with Gasteiger partial charge in [-0.3, -0.25) is 9.59 Å². The third-order valence-electron chi connectivity index (χ3n) is 4.98. The maximum absolute atomic E-state index is 13.0. The number of ketones is 2. The number of hydrogen-bond donors (Lipinski definition) is 0. The van der Waals surface area contributed by atoms with E-state index in [1.807, 2.05) is 78.9 Å². The second-order valence-corrected chi connectivity index (χ2v) is 6.74. The summed E-state index contributed by atoms with van der Waals surface area (Å²) in [5.41, 5.74) is 3.06. The summed E-state index contributed by atoms with van der Waals surface area (Å²) >= 11 is 0. The fraction of sp³-hybridized carbons (Fsp3) is 0.167. The van der Waals surface area contributed by atoms with Crippen LogP contribution in [0.4, 0.5) is 0 Å². The summed E-state index contributed by atoms with van der Waals surface area (Å²) in [6, 6.07) is 24.7. The molecule has 1 aliphatic carbocycles. The molecule has 0 heterocycles. The Morgan fingerprint density at radius 1 is 0.889 bits per heavy atom. The highest BCUT2D eigenvalue weighted by molar-refractivity contribution is 6.08. The first-order valence-corrected chi connectivity index (χ1v) is 9.16. The van der Waals surface area contributed by atoms with Gasteiger partial charge in [-0.25, -0.2) is 0 Å². The van der Waals surface area contributed by atoms with E-state index in [-0.39, 0.29) is 17.5 Å². The molecule has 1 unspecified atom stereocenters. The molecule has 3 aromatic carbocycles. The summed E-state index contributed by atoms with van der Waals surface area (Å²) < 4.78 is 5.96. The van der Waals surface area contributed by atoms with Crippen LogP contribution < -0.4 is 4.74 Å². The van der Waals surface area contributed by atoms with E-state index in [1.165, 1.54) is 0 Å². The van der Waals surface area contributed by atoms with E-state index in [0.717, 1.165) is 11.1 Å². The third-order valence-corrected chi connectivity index (χ3v) is 4.98. The molecule has 0 spiro atoms. The van der Waals surface area contributed by atoms with Gasteiger partial charge in [-0.05, 0) is 23.6 Å². The summed E-state index contributed by atoms with van der Waals surface area (Å²) in [5.74, 6) is 0.364. The number of ether oxygens (including phenoxy) is 1. The van der Waals surface area contributed by atoms with Gasteiger partial charge in [0.25, 0.3) is 0 Å². The Morgan fingerprint density at radius 2 is 1.59 bits per heavy atom. The second-order valence-electron chi connectivity index (χ2n) is 6.74. The number of hydrogen-bond acceptors (Lipinski definition) is 3. The van der Waals surface area contributed by atoms with Crippen LogP contribution in [0.25, 0.3) is 0 Å². The standard InChI is InChI=1S/C24H20O3/c25-21-15-14-20(24(26)18-10-5-2-6-11-18)19-12-7-13-22(23(19)21)27-16-17-8-3-1-4-9-17/h1-13,20H,14-16H2. The smallest absolute Gasteiger partial charge is 0.170 e. The minimum Gasteiger partial charge on any atom is -0.488 e. The average molecular weight is 356 g/mol. The maximum Gasteiger partial charge on any atom is 0.170 e. The Bertz CT molecular complexity index is 961. The number of benzene rings is 3. The molecule has 1 aliphatic rings. The molecular weight excluding hydrogens is 336 g/mol. The molecule has 0 amide bonds. The fourth-order valence-corrected chi connectivity index (χ4v) is 3.62. The van der Waals surface area contributed by atoms with Crippen molar-refractivity contribution in [3.63, 3.8) is 0 Å². The van der Waals surface area contributed by atoms with E-state index in [1.54, 1.807) is 0 Å². The van der Waals surface area contributed by atoms with Gasteiger partial charge in [0.05, 0.1) is 5.56 Å². The van der Waals surface area contributed by atoms with Gasteiger partial charge in [-0.2, -0.15) is 0 Å². The maximum atomic E-state index is 13.0. The predicted octanol–water partition coefficient (Wildman–Crippen LogP) is 5.21. The lowest BCUT2D eigenvalue weighted by molar-refractivity contribution is 0.0915. The largest absolute Gasteiger partial charge is 0.488 e. The van der Waals surface area contributed by atoms with Crippen molar-refractivity contribution < 1.29 is 14.3 Å². The molecule has 3 aromatic rings. The van der Waals surface area contributed by atoms with Crippen molar-refractivity contribution in [1.29, 1.82) is 0 Å². The number of rotatable bonds is 5. The third kappa shape index (κ3) is 3.54. The summed E-state index contributed by atoms with van der Waals surface area (Å²) in [4.78, 5) is 25.6. The van der Waals surface area contributed by atoms with Gasteiger partial charge in [0, 0.05) is 17.9 Å². The topological polar surface area (TPSA) is 43.4 Å². The lowest BCUT2D eigenvalue weighted by atomic mass is 9.78. The van der Waals surface area contributed by atoms with Crippen molar-refractivity contribution in [3.05, 3.63) is 101 Å². The average Bonchev–Trinajstić information content (AvgIpc) is 2.73. The molecule has 0 aromatic heterocycles. The second kappa shape index (κ2) is 7.58. The summed E-state index contributed by atoms with van der Waals surface area (Å²) in [6.45, 7) is 0.391. The zero-order chi connectivity index (χ0) is 18.6. The summed E-state index contributed by atoms with van der Waals surface area (Å²) in [6.07, 6.45) is 0.906. The van der Waals surface area contributed by atoms with Gasteiger partial charge in [0.15, 0.2) is 11.6 Å². The van der Waals surface area contributed by atoms with Crippen LogP contribution in [0.2, 0.25) is 0 Å². The van der Waals surface area contributed by atoms with Gasteiger partial charge in [0.2, 0.25) is 0 Å². The highest BCUT2D eigenvalue weighted by Crippen LogP contribution is 2.38. The highest BCUT2D eigenvalue weighted by atomic mass is 16.5. The van der Waals surface area contributed by atoms with E-state index >= 15 is 0 Å². The monoisotopic (exact) mass is 356 g/mol. The lowest BCUT2D eigenvalue weighted by Gasteiger charge is -2.25. The predicted molar refractivity (Wildman–Crippen MR) is 104 cm³/mol. The molecule has 0 N–H and O–H groups in total. The van der Waals surface area contributed by atoms with Gasteiger partial charge >= 0.3 is 0 Å². The number of fused-ring (bicyclic) bond motifs is 1. The minimum atomic E-state index is -0.305. The Kier molecular flexibility index (Phi) is 4.84. The van der Waals surface area contributed by atoms with Crippen LogP contribution in [0.5, 0.6) is 5.75 Å². The van der Waals surface area contributed by atoms with Crippen molar-refractivity contribution in [2.24, 2.45) is 0 Å². The van der Waals surface area contributed by atoms with E-state index in [4.69, 9.17) is 4.74 Å². The quantitative estimate of drug-likeness (QED) is 0.590. The van der Waals surface area contributed by atoms with Crippen LogP contribution in [0, 0.1) is 0 Å². The molecule has 0 fully saturated rings. The van der Waals surface area contributed by atoms with Gasteiger partial charge in [-0.15, -0.1) is 0 Å². The zero-order valence-electron chi connectivity index (χ0n) is 14.9. The van der Waals surface area contributed by atoms with Crippen LogP contribution in [-0.4, -0.2) is 11.6 Å². The van der Waals surface area contributed by atoms with Gasteiger partial charge in [0.1, 0.15) is 12.4 Å². The van der Waals surface area contributed by atoms with E-state index < -0.39 is 0 Å². The van der Waals surface area contributed by atoms with Crippen LogP contribution in [0.1, 0.15) is 50.6 Å². The van der Waals surface area contributed by atoms with E-state index in [2.05, 4.69) is 0 Å². The van der Waals surface area contributed by atoms with Crippen LogP contribution in [0.15, 0.2) is 78.9 Å². The molecule has 0 radical (unpaired) electrons. The van der Waals surface area contributed by atoms with Crippen LogP contribution in [-0.2, 0) is 6.61 Å². The molecule has 0 bridgehead atoms. The highest BCUT2D eigenvalue weighted by Gasteiger charge is 2.33. The van der Waals surface area contributed by atoms with Crippen molar-refractivity contribution in [2.75, 3.05) is 0 Å². The van der Waals surface area contributed by atoms with Crippen molar-refractivity contribution in [3.8, 4) is 5.75 Å². The number of carbonyl (C=O) groups excluding carboxylic acids is 2. The molecular formula is C24H20O3. The van der Waals surface area contributed by atoms with E-state index in [0.29, 0.717) is 36.3 Å². The summed E-state index contributed by atoms with van der Waals surface area (Å²) in [5, 5.41) is 0. The van der Waals surface area contributed by atoms with Crippen molar-refractivity contribution in [1.82, 2.24) is 0 Å². The molecule has 1 atom stereocenters. The van der Waals surface area contributed by atoms with Gasteiger partial charge in [-0.1, -0.05) is 72.8 Å². The molecule has 0 saturated carbocycles. The molecule has 3 nitrogen and oxygen atoms in total. The minimum absolute atomic E-state index is 0.0470. The molecule has 0 saturated heterocycles. The van der Waals surface area contributed by atoms with Crippen molar-refractivity contribution >= 4 is 11.6 Å². The van der Waals surface area contributed by atoms with Crippen LogP contribution in [0.3, 0.4) is 0 Å². The Labute approximate surface area is 158 Å². The Balaban J connectivity index is 1.65. The molecule has 4 rings (SSSR count). The van der Waals surface area contributed by atoms with E-state index in [9.17, 15) is 9.59 Å². The first kappa shape index (κ1) is 17.2. The Hall–Kier alpha value is -3.20. The molecule has 3 heteroatoms. The van der Waals surface area contributed by atoms with Crippen LogP contribution >= 0.6 is 0 Å². The molecule has 134 valence electrons. The molecule has 0 aliphatic heterocycles. The SMILES string of the molecule is O=C1CCC(C(=O)c2ccccc2)c2cccc(OCc3ccccc3)c21. The summed E-state index contributed by atoms with van der Waals surface area (Å²) in [7, 11) is 0.